The lowest BCUT2D eigenvalue weighted by molar-refractivity contribution is 0.338. The van der Waals surface area contributed by atoms with Crippen molar-refractivity contribution in [2.75, 3.05) is 6.54 Å². The number of hydrogen-bond acceptors (Lipinski definition) is 2. The Hall–Kier alpha value is 0.140. The molecule has 0 bridgehead atoms. The Kier molecular flexibility index (Phi) is 3.60. The van der Waals surface area contributed by atoms with Gasteiger partial charge in [0.15, 0.2) is 0 Å². The maximum atomic E-state index is 3.72. The van der Waals surface area contributed by atoms with Crippen molar-refractivity contribution in [1.29, 1.82) is 0 Å². The van der Waals surface area contributed by atoms with Crippen molar-refractivity contribution in [3.05, 3.63) is 20.8 Å². The molecular formula is C14H20BrNS. The van der Waals surface area contributed by atoms with E-state index in [1.165, 1.54) is 35.0 Å². The number of likely N-dealkylation sites (N-methyl/N-ethyl adjacent to an activating group) is 1. The second kappa shape index (κ2) is 5.02. The summed E-state index contributed by atoms with van der Waals surface area (Å²) in [5, 5.41) is 5.91. The van der Waals surface area contributed by atoms with E-state index >= 15 is 0 Å². The SMILES string of the molecule is CCNC(Cc1sccc1Br)C1CC2CC2C1. The Labute approximate surface area is 116 Å². The van der Waals surface area contributed by atoms with Gasteiger partial charge in [0.25, 0.3) is 0 Å². The van der Waals surface area contributed by atoms with Gasteiger partial charge >= 0.3 is 0 Å². The molecule has 0 spiro atoms. The molecule has 0 radical (unpaired) electrons. The molecule has 1 aromatic rings. The van der Waals surface area contributed by atoms with Crippen LogP contribution in [0.2, 0.25) is 0 Å². The Bertz CT molecular complexity index is 379. The van der Waals surface area contributed by atoms with Gasteiger partial charge in [-0.25, -0.2) is 0 Å². The topological polar surface area (TPSA) is 12.0 Å². The van der Waals surface area contributed by atoms with E-state index in [0.717, 1.165) is 24.3 Å². The monoisotopic (exact) mass is 313 g/mol. The lowest BCUT2D eigenvalue weighted by Crippen LogP contribution is -2.37. The highest BCUT2D eigenvalue weighted by Gasteiger charge is 2.47. The molecule has 2 aliphatic rings. The van der Waals surface area contributed by atoms with E-state index in [-0.39, 0.29) is 0 Å². The summed E-state index contributed by atoms with van der Waals surface area (Å²) in [6, 6.07) is 2.87. The van der Waals surface area contributed by atoms with Crippen molar-refractivity contribution in [2.24, 2.45) is 17.8 Å². The third-order valence-corrected chi connectivity index (χ3v) is 6.36. The molecule has 3 atom stereocenters. The zero-order chi connectivity index (χ0) is 11.8. The van der Waals surface area contributed by atoms with Gasteiger partial charge in [-0.1, -0.05) is 6.92 Å². The zero-order valence-electron chi connectivity index (χ0n) is 10.3. The number of fused-ring (bicyclic) bond motifs is 1. The van der Waals surface area contributed by atoms with Crippen LogP contribution in [-0.2, 0) is 6.42 Å². The summed E-state index contributed by atoms with van der Waals surface area (Å²) in [5.41, 5.74) is 0. The number of thiophene rings is 1. The summed E-state index contributed by atoms with van der Waals surface area (Å²) in [5.74, 6) is 3.11. The molecule has 3 heteroatoms. The van der Waals surface area contributed by atoms with Crippen LogP contribution in [0.1, 0.15) is 31.1 Å². The first-order chi connectivity index (χ1) is 8.28. The third-order valence-electron chi connectivity index (χ3n) is 4.41. The van der Waals surface area contributed by atoms with Gasteiger partial charge in [0.2, 0.25) is 0 Å². The molecule has 94 valence electrons. The average Bonchev–Trinajstić information content (AvgIpc) is 2.72. The van der Waals surface area contributed by atoms with Crippen LogP contribution in [0, 0.1) is 17.8 Å². The van der Waals surface area contributed by atoms with E-state index in [1.807, 2.05) is 11.3 Å². The van der Waals surface area contributed by atoms with Gasteiger partial charge in [-0.2, -0.15) is 0 Å². The van der Waals surface area contributed by atoms with Gasteiger partial charge in [-0.3, -0.25) is 0 Å². The summed E-state index contributed by atoms with van der Waals surface area (Å²) in [4.78, 5) is 1.51. The Morgan fingerprint density at radius 2 is 2.18 bits per heavy atom. The van der Waals surface area contributed by atoms with Crippen molar-refractivity contribution in [2.45, 2.75) is 38.6 Å². The van der Waals surface area contributed by atoms with Crippen LogP contribution in [0.3, 0.4) is 0 Å². The normalized spacial score (nSPS) is 32.5. The van der Waals surface area contributed by atoms with E-state index in [2.05, 4.69) is 39.6 Å². The second-order valence-corrected chi connectivity index (χ2v) is 7.40. The van der Waals surface area contributed by atoms with Gasteiger partial charge in [0, 0.05) is 15.4 Å². The predicted octanol–water partition coefficient (Wildman–Crippen LogP) is 4.08. The predicted molar refractivity (Wildman–Crippen MR) is 77.5 cm³/mol. The molecule has 2 saturated carbocycles. The molecule has 1 heterocycles. The Morgan fingerprint density at radius 1 is 1.41 bits per heavy atom. The van der Waals surface area contributed by atoms with Crippen LogP contribution >= 0.6 is 27.3 Å². The molecule has 17 heavy (non-hydrogen) atoms. The van der Waals surface area contributed by atoms with Crippen molar-refractivity contribution in [3.63, 3.8) is 0 Å². The molecule has 3 unspecified atom stereocenters. The molecule has 0 aliphatic heterocycles. The Balaban J connectivity index is 1.65. The van der Waals surface area contributed by atoms with Crippen LogP contribution in [0.15, 0.2) is 15.9 Å². The zero-order valence-corrected chi connectivity index (χ0v) is 12.7. The van der Waals surface area contributed by atoms with Crippen LogP contribution in [0.25, 0.3) is 0 Å². The maximum Gasteiger partial charge on any atom is 0.0314 e. The second-order valence-electron chi connectivity index (χ2n) is 5.55. The average molecular weight is 314 g/mol. The molecule has 1 N–H and O–H groups in total. The van der Waals surface area contributed by atoms with Gasteiger partial charge in [-0.05, 0) is 77.4 Å². The number of nitrogens with one attached hydrogen (secondary N) is 1. The smallest absolute Gasteiger partial charge is 0.0314 e. The summed E-state index contributed by atoms with van der Waals surface area (Å²) in [6.07, 6.45) is 5.69. The summed E-state index contributed by atoms with van der Waals surface area (Å²) >= 11 is 5.55. The lowest BCUT2D eigenvalue weighted by atomic mass is 9.91. The molecule has 0 amide bonds. The lowest BCUT2D eigenvalue weighted by Gasteiger charge is -2.25. The molecular weight excluding hydrogens is 294 g/mol. The molecule has 2 aliphatic carbocycles. The minimum absolute atomic E-state index is 0.697. The summed E-state index contributed by atoms with van der Waals surface area (Å²) < 4.78 is 1.30. The fourth-order valence-electron chi connectivity index (χ4n) is 3.43. The van der Waals surface area contributed by atoms with Crippen LogP contribution in [0.4, 0.5) is 0 Å². The maximum absolute atomic E-state index is 3.72. The highest BCUT2D eigenvalue weighted by molar-refractivity contribution is 9.10. The quantitative estimate of drug-likeness (QED) is 0.863. The number of hydrogen-bond donors (Lipinski definition) is 1. The van der Waals surface area contributed by atoms with Crippen molar-refractivity contribution in [1.82, 2.24) is 5.32 Å². The van der Waals surface area contributed by atoms with Crippen LogP contribution in [0.5, 0.6) is 0 Å². The van der Waals surface area contributed by atoms with E-state index < -0.39 is 0 Å². The minimum atomic E-state index is 0.697. The highest BCUT2D eigenvalue weighted by Crippen LogP contribution is 2.55. The van der Waals surface area contributed by atoms with E-state index in [1.54, 1.807) is 0 Å². The summed E-state index contributed by atoms with van der Waals surface area (Å²) in [7, 11) is 0. The molecule has 1 nitrogen and oxygen atoms in total. The van der Waals surface area contributed by atoms with E-state index in [4.69, 9.17) is 0 Å². The largest absolute Gasteiger partial charge is 0.314 e. The molecule has 0 saturated heterocycles. The van der Waals surface area contributed by atoms with Gasteiger partial charge in [0.1, 0.15) is 0 Å². The first kappa shape index (κ1) is 12.2. The highest BCUT2D eigenvalue weighted by atomic mass is 79.9. The first-order valence-corrected chi connectivity index (χ1v) is 8.40. The van der Waals surface area contributed by atoms with Gasteiger partial charge < -0.3 is 5.32 Å². The molecule has 0 aromatic carbocycles. The van der Waals surface area contributed by atoms with Crippen molar-refractivity contribution in [3.8, 4) is 0 Å². The summed E-state index contributed by atoms with van der Waals surface area (Å²) in [6.45, 7) is 3.33. The molecule has 1 aromatic heterocycles. The van der Waals surface area contributed by atoms with E-state index in [0.29, 0.717) is 6.04 Å². The van der Waals surface area contributed by atoms with Gasteiger partial charge in [0.05, 0.1) is 0 Å². The fraction of sp³-hybridized carbons (Fsp3) is 0.714. The van der Waals surface area contributed by atoms with Crippen molar-refractivity contribution < 1.29 is 0 Å². The third kappa shape index (κ3) is 2.61. The number of rotatable bonds is 5. The first-order valence-electron chi connectivity index (χ1n) is 6.73. The van der Waals surface area contributed by atoms with E-state index in [9.17, 15) is 0 Å². The Morgan fingerprint density at radius 3 is 2.76 bits per heavy atom. The van der Waals surface area contributed by atoms with Gasteiger partial charge in [-0.15, -0.1) is 11.3 Å². The minimum Gasteiger partial charge on any atom is -0.314 e. The standard InChI is InChI=1S/C14H20BrNS/c1-2-16-13(8-14-12(15)3-4-17-14)11-6-9-5-10(9)7-11/h3-4,9-11,13,16H,2,5-8H2,1H3. The molecule has 3 rings (SSSR count). The van der Waals surface area contributed by atoms with Crippen molar-refractivity contribution >= 4 is 27.3 Å². The fourth-order valence-corrected chi connectivity index (χ4v) is 5.00. The molecule has 2 fully saturated rings. The van der Waals surface area contributed by atoms with Crippen LogP contribution in [-0.4, -0.2) is 12.6 Å². The number of halogens is 1. The van der Waals surface area contributed by atoms with Crippen LogP contribution < -0.4 is 5.32 Å².